The maximum Gasteiger partial charge on any atom is 0.261 e. The number of hydrogen-bond acceptors (Lipinski definition) is 4. The maximum absolute atomic E-state index is 5.67. The number of ether oxygens (including phenoxy) is 1. The zero-order valence-electron chi connectivity index (χ0n) is 10.2. The van der Waals surface area contributed by atoms with Crippen molar-refractivity contribution < 1.29 is 9.26 Å². The van der Waals surface area contributed by atoms with Gasteiger partial charge in [-0.3, -0.25) is 0 Å². The van der Waals surface area contributed by atoms with Crippen LogP contribution in [-0.2, 0) is 12.9 Å². The van der Waals surface area contributed by atoms with Crippen LogP contribution in [0.1, 0.15) is 11.3 Å². The molecule has 0 bridgehead atoms. The van der Waals surface area contributed by atoms with Crippen molar-refractivity contribution in [1.29, 1.82) is 0 Å². The van der Waals surface area contributed by atoms with E-state index in [9.17, 15) is 0 Å². The molecule has 0 spiro atoms. The van der Waals surface area contributed by atoms with Crippen molar-refractivity contribution in [2.24, 2.45) is 0 Å². The van der Waals surface area contributed by atoms with Gasteiger partial charge in [-0.05, 0) is 11.9 Å². The Morgan fingerprint density at radius 2 is 1.94 bits per heavy atom. The van der Waals surface area contributed by atoms with Crippen molar-refractivity contribution in [2.75, 3.05) is 0 Å². The molecule has 1 aromatic heterocycles. The van der Waals surface area contributed by atoms with Gasteiger partial charge in [0.25, 0.3) is 5.88 Å². The Hall–Kier alpha value is -1.61. The zero-order valence-corrected chi connectivity index (χ0v) is 11.3. The fourth-order valence-electron chi connectivity index (χ4n) is 1.59. The van der Waals surface area contributed by atoms with Crippen LogP contribution in [-0.4, -0.2) is 17.8 Å². The van der Waals surface area contributed by atoms with Gasteiger partial charge in [0, 0.05) is 0 Å². The van der Waals surface area contributed by atoms with E-state index < -0.39 is 0 Å². The molecule has 1 aromatic carbocycles. The molecule has 0 radical (unpaired) electrons. The Kier molecular flexibility index (Phi) is 4.54. The van der Waals surface area contributed by atoms with E-state index in [4.69, 9.17) is 9.26 Å². The highest BCUT2D eigenvalue weighted by Gasteiger charge is 2.11. The third-order valence-electron chi connectivity index (χ3n) is 2.52. The van der Waals surface area contributed by atoms with Crippen LogP contribution in [0.25, 0.3) is 0 Å². The second-order valence-corrected chi connectivity index (χ2v) is 3.94. The second kappa shape index (κ2) is 6.36. The molecule has 2 aromatic rings. The van der Waals surface area contributed by atoms with E-state index >= 15 is 0 Å². The molecule has 18 heavy (non-hydrogen) atoms. The van der Waals surface area contributed by atoms with Crippen molar-refractivity contribution in [2.45, 2.75) is 12.9 Å². The topological polar surface area (TPSA) is 44.2 Å². The van der Waals surface area contributed by atoms with Gasteiger partial charge in [-0.2, -0.15) is 4.98 Å². The van der Waals surface area contributed by atoms with E-state index in [1.807, 2.05) is 38.2 Å². The van der Waals surface area contributed by atoms with Crippen LogP contribution in [0.2, 0.25) is 0 Å². The first-order valence-corrected chi connectivity index (χ1v) is 6.19. The quantitative estimate of drug-likeness (QED) is 0.601. The van der Waals surface area contributed by atoms with E-state index in [0.29, 0.717) is 18.2 Å². The van der Waals surface area contributed by atoms with Crippen molar-refractivity contribution >= 4 is 17.3 Å². The highest BCUT2D eigenvalue weighted by atomic mass is 31.0. The minimum atomic E-state index is 0.460. The fourth-order valence-corrected chi connectivity index (χ4v) is 1.83. The molecule has 0 saturated carbocycles. The third kappa shape index (κ3) is 2.99. The first-order valence-electron chi connectivity index (χ1n) is 5.72. The average Bonchev–Trinajstić information content (AvgIpc) is 2.45. The van der Waals surface area contributed by atoms with E-state index in [2.05, 4.69) is 19.4 Å². The van der Waals surface area contributed by atoms with Crippen LogP contribution in [0.4, 0.5) is 0 Å². The summed E-state index contributed by atoms with van der Waals surface area (Å²) in [5.74, 6) is 1.06. The summed E-state index contributed by atoms with van der Waals surface area (Å²) in [5, 5.41) is 0. The SMILES string of the molecule is BCc1ncnc(OCc2ccccc2)c1OP. The molecule has 0 N–H and O–H groups in total. The normalized spacial score (nSPS) is 10.1. The van der Waals surface area contributed by atoms with Gasteiger partial charge in [0.2, 0.25) is 5.75 Å². The van der Waals surface area contributed by atoms with Crippen molar-refractivity contribution in [3.05, 3.63) is 47.9 Å². The summed E-state index contributed by atoms with van der Waals surface area (Å²) < 4.78 is 10.9. The zero-order chi connectivity index (χ0) is 12.8. The molecule has 2 rings (SSSR count). The van der Waals surface area contributed by atoms with Gasteiger partial charge in [-0.15, -0.1) is 0 Å². The van der Waals surface area contributed by atoms with Gasteiger partial charge < -0.3 is 9.26 Å². The number of hydrogen-bond donors (Lipinski definition) is 0. The fraction of sp³-hybridized carbons (Fsp3) is 0.167. The van der Waals surface area contributed by atoms with Crippen LogP contribution in [0.15, 0.2) is 36.7 Å². The van der Waals surface area contributed by atoms with Gasteiger partial charge in [0.1, 0.15) is 20.8 Å². The molecule has 0 aliphatic rings. The summed E-state index contributed by atoms with van der Waals surface area (Å²) in [6, 6.07) is 9.93. The standard InChI is InChI=1S/C12H14BN2O2P/c13-6-10-11(17-18)12(15-8-14-10)16-7-9-4-2-1-3-5-9/h1-5,8H,6-7,13,18H2. The molecule has 0 fully saturated rings. The average molecular weight is 260 g/mol. The Bertz CT molecular complexity index is 511. The molecule has 0 aliphatic carbocycles. The van der Waals surface area contributed by atoms with Crippen LogP contribution in [0, 0.1) is 0 Å². The van der Waals surface area contributed by atoms with Gasteiger partial charge >= 0.3 is 0 Å². The highest BCUT2D eigenvalue weighted by Crippen LogP contribution is 2.29. The monoisotopic (exact) mass is 260 g/mol. The molecule has 0 saturated heterocycles. The van der Waals surface area contributed by atoms with E-state index in [1.54, 1.807) is 0 Å². The first kappa shape index (κ1) is 12.8. The lowest BCUT2D eigenvalue weighted by Gasteiger charge is -2.11. The Morgan fingerprint density at radius 1 is 1.17 bits per heavy atom. The van der Waals surface area contributed by atoms with Crippen LogP contribution in [0.3, 0.4) is 0 Å². The summed E-state index contributed by atoms with van der Waals surface area (Å²) in [6.07, 6.45) is 2.26. The van der Waals surface area contributed by atoms with Gasteiger partial charge in [-0.25, -0.2) is 4.98 Å². The molecule has 1 unspecified atom stereocenters. The lowest BCUT2D eigenvalue weighted by atomic mass is 10.0. The predicted molar refractivity (Wildman–Crippen MR) is 75.4 cm³/mol. The molecule has 1 heterocycles. The number of rotatable bonds is 5. The summed E-state index contributed by atoms with van der Waals surface area (Å²) in [4.78, 5) is 8.26. The number of aromatic nitrogens is 2. The number of benzene rings is 1. The minimum absolute atomic E-state index is 0.460. The van der Waals surface area contributed by atoms with E-state index in [0.717, 1.165) is 17.6 Å². The molecular weight excluding hydrogens is 246 g/mol. The van der Waals surface area contributed by atoms with Crippen LogP contribution >= 0.6 is 9.47 Å². The smallest absolute Gasteiger partial charge is 0.261 e. The third-order valence-corrected chi connectivity index (χ3v) is 2.75. The molecule has 0 amide bonds. The lowest BCUT2D eigenvalue weighted by Crippen LogP contribution is -2.02. The van der Waals surface area contributed by atoms with Gasteiger partial charge in [0.15, 0.2) is 0 Å². The summed E-state index contributed by atoms with van der Waals surface area (Å²) >= 11 is 0. The largest absolute Gasteiger partial charge is 0.473 e. The van der Waals surface area contributed by atoms with E-state index in [1.165, 1.54) is 6.33 Å². The van der Waals surface area contributed by atoms with Crippen molar-refractivity contribution in [1.82, 2.24) is 9.97 Å². The Balaban J connectivity index is 2.14. The molecule has 92 valence electrons. The van der Waals surface area contributed by atoms with Crippen molar-refractivity contribution in [3.8, 4) is 11.6 Å². The van der Waals surface area contributed by atoms with Crippen LogP contribution in [0.5, 0.6) is 11.6 Å². The van der Waals surface area contributed by atoms with Crippen molar-refractivity contribution in [3.63, 3.8) is 0 Å². The predicted octanol–water partition coefficient (Wildman–Crippen LogP) is 1.36. The van der Waals surface area contributed by atoms with Gasteiger partial charge in [0.05, 0.1) is 15.2 Å². The highest BCUT2D eigenvalue weighted by molar-refractivity contribution is 7.10. The molecule has 6 heteroatoms. The lowest BCUT2D eigenvalue weighted by molar-refractivity contribution is 0.284. The van der Waals surface area contributed by atoms with E-state index in [-0.39, 0.29) is 0 Å². The molecule has 1 atom stereocenters. The van der Waals surface area contributed by atoms with Gasteiger partial charge in [-0.1, -0.05) is 30.3 Å². The Labute approximate surface area is 109 Å². The minimum Gasteiger partial charge on any atom is -0.473 e. The molecular formula is C12H14BN2O2P. The molecule has 4 nitrogen and oxygen atoms in total. The summed E-state index contributed by atoms with van der Waals surface area (Å²) in [5.41, 5.74) is 1.92. The van der Waals surface area contributed by atoms with Crippen LogP contribution < -0.4 is 9.26 Å². The second-order valence-electron chi connectivity index (χ2n) is 3.70. The summed E-state index contributed by atoms with van der Waals surface area (Å²) in [7, 11) is 4.22. The molecule has 0 aliphatic heterocycles. The number of nitrogens with zero attached hydrogens (tertiary/aromatic N) is 2. The maximum atomic E-state index is 5.67. The summed E-state index contributed by atoms with van der Waals surface area (Å²) in [6.45, 7) is 0.460. The first-order chi connectivity index (χ1) is 8.85. The Morgan fingerprint density at radius 3 is 2.61 bits per heavy atom.